The summed E-state index contributed by atoms with van der Waals surface area (Å²) in [5, 5.41) is 0. The van der Waals surface area contributed by atoms with Gasteiger partial charge in [-0.15, -0.1) is 0 Å². The van der Waals surface area contributed by atoms with Gasteiger partial charge in [-0.1, -0.05) is 236 Å². The number of carbonyl (C=O) groups excluding carboxylic acids is 3. The predicted octanol–water partition coefficient (Wildman–Crippen LogP) is 19.4. The van der Waals surface area contributed by atoms with Gasteiger partial charge in [0.15, 0.2) is 6.10 Å². The normalized spacial score (nSPS) is 12.3. The van der Waals surface area contributed by atoms with Gasteiger partial charge >= 0.3 is 17.9 Å². The second kappa shape index (κ2) is 56.0. The van der Waals surface area contributed by atoms with E-state index in [1.54, 1.807) is 0 Å². The summed E-state index contributed by atoms with van der Waals surface area (Å²) >= 11 is 0. The Balaban J connectivity index is 4.25. The van der Waals surface area contributed by atoms with Gasteiger partial charge in [0.1, 0.15) is 13.2 Å². The van der Waals surface area contributed by atoms with Crippen molar-refractivity contribution in [2.45, 2.75) is 309 Å². The molecule has 1 unspecified atom stereocenters. The number of hydrogen-bond donors (Lipinski definition) is 0. The highest BCUT2D eigenvalue weighted by atomic mass is 16.6. The molecule has 0 aliphatic rings. The number of carbonyl (C=O) groups is 3. The number of hydrogen-bond acceptors (Lipinski definition) is 6. The van der Waals surface area contributed by atoms with E-state index < -0.39 is 6.10 Å². The van der Waals surface area contributed by atoms with Crippen molar-refractivity contribution in [3.05, 3.63) is 48.6 Å². The molecule has 0 aliphatic carbocycles. The zero-order chi connectivity index (χ0) is 48.6. The van der Waals surface area contributed by atoms with Crippen LogP contribution < -0.4 is 0 Å². The van der Waals surface area contributed by atoms with Gasteiger partial charge in [-0.2, -0.15) is 0 Å². The van der Waals surface area contributed by atoms with Crippen molar-refractivity contribution >= 4 is 17.9 Å². The molecule has 0 rings (SSSR count). The molecule has 0 fully saturated rings. The highest BCUT2D eigenvalue weighted by molar-refractivity contribution is 5.71. The van der Waals surface area contributed by atoms with E-state index in [1.165, 1.54) is 167 Å². The third-order valence-corrected chi connectivity index (χ3v) is 12.8. The van der Waals surface area contributed by atoms with Crippen molar-refractivity contribution < 1.29 is 28.6 Å². The van der Waals surface area contributed by atoms with Gasteiger partial charge in [0.05, 0.1) is 0 Å². The first-order valence-electron chi connectivity index (χ1n) is 29.1. The number of rotatable bonds is 53. The lowest BCUT2D eigenvalue weighted by atomic mass is 10.0. The van der Waals surface area contributed by atoms with Gasteiger partial charge in [0, 0.05) is 19.3 Å². The fraction of sp³-hybridized carbons (Fsp3) is 0.820. The molecule has 0 spiro atoms. The van der Waals surface area contributed by atoms with Gasteiger partial charge in [-0.3, -0.25) is 14.4 Å². The molecule has 390 valence electrons. The third-order valence-electron chi connectivity index (χ3n) is 12.8. The number of unbranched alkanes of at least 4 members (excludes halogenated alkanes) is 34. The van der Waals surface area contributed by atoms with Crippen LogP contribution in [-0.2, 0) is 28.6 Å². The largest absolute Gasteiger partial charge is 0.462 e. The van der Waals surface area contributed by atoms with E-state index in [2.05, 4.69) is 69.4 Å². The summed E-state index contributed by atoms with van der Waals surface area (Å²) < 4.78 is 16.8. The van der Waals surface area contributed by atoms with Crippen LogP contribution in [0.4, 0.5) is 0 Å². The summed E-state index contributed by atoms with van der Waals surface area (Å²) in [6.45, 7) is 6.57. The maximum Gasteiger partial charge on any atom is 0.306 e. The molecule has 0 radical (unpaired) electrons. The minimum atomic E-state index is -0.782. The van der Waals surface area contributed by atoms with Crippen LogP contribution in [-0.4, -0.2) is 37.2 Å². The van der Waals surface area contributed by atoms with Crippen LogP contribution in [0.1, 0.15) is 303 Å². The Kier molecular flexibility index (Phi) is 53.8. The highest BCUT2D eigenvalue weighted by Crippen LogP contribution is 2.16. The standard InChI is InChI=1S/C61H110O6/c1-4-7-10-13-16-19-22-24-26-28-29-30-31-32-33-34-36-37-39-42-45-48-51-54-60(63)66-57-58(56-65-59(62)53-50-47-44-41-21-18-15-12-9-6-3)67-61(64)55-52-49-46-43-40-38-35-27-25-23-20-17-14-11-8-5-2/h12,15,20,23,27-29,35,58H,4-11,13-14,16-19,21-22,24-26,30-34,36-57H2,1-3H3/b15-12-,23-20-,29-28-,35-27-. The Morgan fingerprint density at radius 3 is 0.910 bits per heavy atom. The molecule has 0 aromatic heterocycles. The van der Waals surface area contributed by atoms with Gasteiger partial charge in [-0.05, 0) is 96.3 Å². The van der Waals surface area contributed by atoms with Crippen LogP contribution in [0.5, 0.6) is 0 Å². The average Bonchev–Trinajstić information content (AvgIpc) is 3.33. The van der Waals surface area contributed by atoms with Gasteiger partial charge in [0.2, 0.25) is 0 Å². The molecular formula is C61H110O6. The van der Waals surface area contributed by atoms with Crippen LogP contribution in [0.15, 0.2) is 48.6 Å². The van der Waals surface area contributed by atoms with Crippen LogP contribution in [0, 0.1) is 0 Å². The summed E-state index contributed by atoms with van der Waals surface area (Å²) in [5.41, 5.74) is 0. The molecule has 6 heteroatoms. The van der Waals surface area contributed by atoms with E-state index in [1.807, 2.05) is 0 Å². The van der Waals surface area contributed by atoms with Crippen LogP contribution in [0.2, 0.25) is 0 Å². The smallest absolute Gasteiger partial charge is 0.306 e. The van der Waals surface area contributed by atoms with Crippen molar-refractivity contribution in [1.82, 2.24) is 0 Å². The van der Waals surface area contributed by atoms with Gasteiger partial charge < -0.3 is 14.2 Å². The molecular weight excluding hydrogens is 829 g/mol. The Bertz CT molecular complexity index is 1170. The van der Waals surface area contributed by atoms with E-state index in [4.69, 9.17) is 14.2 Å². The van der Waals surface area contributed by atoms with E-state index in [9.17, 15) is 14.4 Å². The second-order valence-electron chi connectivity index (χ2n) is 19.5. The third kappa shape index (κ3) is 54.2. The van der Waals surface area contributed by atoms with E-state index >= 15 is 0 Å². The molecule has 6 nitrogen and oxygen atoms in total. The molecule has 0 saturated carbocycles. The number of allylic oxidation sites excluding steroid dienone is 8. The first-order chi connectivity index (χ1) is 33.0. The predicted molar refractivity (Wildman–Crippen MR) is 289 cm³/mol. The lowest BCUT2D eigenvalue weighted by molar-refractivity contribution is -0.167. The summed E-state index contributed by atoms with van der Waals surface area (Å²) in [5.74, 6) is -0.895. The minimum Gasteiger partial charge on any atom is -0.462 e. The molecule has 0 aromatic carbocycles. The van der Waals surface area contributed by atoms with Crippen molar-refractivity contribution in [2.75, 3.05) is 13.2 Å². The number of ether oxygens (including phenoxy) is 3. The number of esters is 3. The first-order valence-corrected chi connectivity index (χ1v) is 29.1. The van der Waals surface area contributed by atoms with E-state index in [-0.39, 0.29) is 31.1 Å². The quantitative estimate of drug-likeness (QED) is 0.0262. The maximum atomic E-state index is 12.8. The minimum absolute atomic E-state index is 0.0805. The van der Waals surface area contributed by atoms with E-state index in [0.717, 1.165) is 96.3 Å². The van der Waals surface area contributed by atoms with Crippen LogP contribution >= 0.6 is 0 Å². The molecule has 0 aromatic rings. The average molecular weight is 940 g/mol. The fourth-order valence-electron chi connectivity index (χ4n) is 8.35. The zero-order valence-corrected chi connectivity index (χ0v) is 44.7. The lowest BCUT2D eigenvalue weighted by Gasteiger charge is -2.18. The summed E-state index contributed by atoms with van der Waals surface area (Å²) in [6, 6.07) is 0. The zero-order valence-electron chi connectivity index (χ0n) is 44.7. The Hall–Kier alpha value is -2.63. The molecule has 0 heterocycles. The van der Waals surface area contributed by atoms with Crippen molar-refractivity contribution in [2.24, 2.45) is 0 Å². The Morgan fingerprint density at radius 1 is 0.299 bits per heavy atom. The van der Waals surface area contributed by atoms with Crippen molar-refractivity contribution in [3.8, 4) is 0 Å². The topological polar surface area (TPSA) is 78.9 Å². The maximum absolute atomic E-state index is 12.8. The molecule has 0 bridgehead atoms. The fourth-order valence-corrected chi connectivity index (χ4v) is 8.35. The SMILES string of the molecule is CCC/C=C\CCCCCCCC(=O)OCC(COC(=O)CCCCCCCCCCCCC/C=C\CCCCCCCCCC)OC(=O)CCCCCCC/C=C\C/C=C\CCCCCC. The summed E-state index contributed by atoms with van der Waals surface area (Å²) in [6.07, 6.45) is 68.3. The second-order valence-corrected chi connectivity index (χ2v) is 19.5. The van der Waals surface area contributed by atoms with Crippen LogP contribution in [0.25, 0.3) is 0 Å². The summed E-state index contributed by atoms with van der Waals surface area (Å²) in [7, 11) is 0. The summed E-state index contributed by atoms with van der Waals surface area (Å²) in [4.78, 5) is 38.1. The van der Waals surface area contributed by atoms with Crippen LogP contribution in [0.3, 0.4) is 0 Å². The molecule has 0 aliphatic heterocycles. The van der Waals surface area contributed by atoms with Gasteiger partial charge in [0.25, 0.3) is 0 Å². The van der Waals surface area contributed by atoms with Crippen molar-refractivity contribution in [1.29, 1.82) is 0 Å². The Morgan fingerprint density at radius 2 is 0.567 bits per heavy atom. The van der Waals surface area contributed by atoms with Crippen molar-refractivity contribution in [3.63, 3.8) is 0 Å². The monoisotopic (exact) mass is 939 g/mol. The Labute approximate surface area is 416 Å². The highest BCUT2D eigenvalue weighted by Gasteiger charge is 2.19. The molecule has 1 atom stereocenters. The lowest BCUT2D eigenvalue weighted by Crippen LogP contribution is -2.30. The first kappa shape index (κ1) is 64.4. The van der Waals surface area contributed by atoms with E-state index in [0.29, 0.717) is 19.3 Å². The van der Waals surface area contributed by atoms with Gasteiger partial charge in [-0.25, -0.2) is 0 Å². The molecule has 0 saturated heterocycles. The molecule has 67 heavy (non-hydrogen) atoms. The molecule has 0 N–H and O–H groups in total. The molecule has 0 amide bonds.